The summed E-state index contributed by atoms with van der Waals surface area (Å²) >= 11 is 0. The lowest BCUT2D eigenvalue weighted by Gasteiger charge is -2.17. The normalized spacial score (nSPS) is 20.1. The van der Waals surface area contributed by atoms with Crippen molar-refractivity contribution < 1.29 is 14.6 Å². The van der Waals surface area contributed by atoms with E-state index in [-0.39, 0.29) is 24.7 Å². The molecule has 7 nitrogen and oxygen atoms in total. The summed E-state index contributed by atoms with van der Waals surface area (Å²) in [6.45, 7) is 5.09. The van der Waals surface area contributed by atoms with E-state index in [2.05, 4.69) is 33.0 Å². The number of aromatic nitrogens is 3. The van der Waals surface area contributed by atoms with Gasteiger partial charge in [-0.3, -0.25) is 9.89 Å². The number of aliphatic hydroxyl groups excluding tert-OH is 1. The minimum absolute atomic E-state index is 0.00748. The summed E-state index contributed by atoms with van der Waals surface area (Å²) in [5.74, 6) is -0.191. The molecular weight excluding hydrogens is 344 g/mol. The molecule has 1 aromatic carbocycles. The number of hydrogen-bond acceptors (Lipinski definition) is 4. The molecule has 3 aromatic rings. The average Bonchev–Trinajstić information content (AvgIpc) is 3.35. The van der Waals surface area contributed by atoms with Crippen molar-refractivity contribution in [1.82, 2.24) is 19.7 Å². The number of amides is 1. The van der Waals surface area contributed by atoms with E-state index in [1.807, 2.05) is 32.2 Å². The number of β-amino-alcohol motifs (C(OH)–C–C–N with tert-alkyl or cyclic N) is 1. The number of carbonyl (C=O) groups excluding carboxylic acids is 1. The average molecular weight is 368 g/mol. The van der Waals surface area contributed by atoms with Crippen molar-refractivity contribution >= 4 is 16.8 Å². The largest absolute Gasteiger partial charge is 0.388 e. The molecule has 4 rings (SSSR count). The first-order valence-corrected chi connectivity index (χ1v) is 9.22. The lowest BCUT2D eigenvalue weighted by atomic mass is 10.2. The molecule has 0 radical (unpaired) electrons. The molecule has 1 aliphatic heterocycles. The second-order valence-electron chi connectivity index (χ2n) is 7.28. The van der Waals surface area contributed by atoms with Crippen LogP contribution < -0.4 is 0 Å². The Hall–Kier alpha value is -2.64. The topological polar surface area (TPSA) is 83.4 Å². The molecule has 1 fully saturated rings. The number of benzene rings is 1. The van der Waals surface area contributed by atoms with Crippen LogP contribution in [0, 0.1) is 0 Å². The van der Waals surface area contributed by atoms with Gasteiger partial charge in [0.25, 0.3) is 5.91 Å². The van der Waals surface area contributed by atoms with Crippen molar-refractivity contribution in [2.45, 2.75) is 38.7 Å². The molecule has 27 heavy (non-hydrogen) atoms. The number of hydrogen-bond donors (Lipinski definition) is 2. The van der Waals surface area contributed by atoms with E-state index in [4.69, 9.17) is 4.74 Å². The SMILES string of the molecule is CC(C)O[C@H]1CN(C(=O)c2cc(Cn3ccc4ccccc43)[nH]n2)C[C@@H]1O. The number of aromatic amines is 1. The predicted molar refractivity (Wildman–Crippen MR) is 102 cm³/mol. The Balaban J connectivity index is 1.45. The fraction of sp³-hybridized carbons (Fsp3) is 0.400. The third-order valence-corrected chi connectivity index (χ3v) is 4.84. The number of nitrogens with one attached hydrogen (secondary N) is 1. The van der Waals surface area contributed by atoms with Crippen LogP contribution in [-0.4, -0.2) is 62.1 Å². The van der Waals surface area contributed by atoms with Gasteiger partial charge in [0.15, 0.2) is 0 Å². The van der Waals surface area contributed by atoms with Gasteiger partial charge in [-0.15, -0.1) is 0 Å². The van der Waals surface area contributed by atoms with Gasteiger partial charge >= 0.3 is 0 Å². The van der Waals surface area contributed by atoms with Crippen LogP contribution in [0.25, 0.3) is 10.9 Å². The van der Waals surface area contributed by atoms with E-state index in [0.29, 0.717) is 18.8 Å². The van der Waals surface area contributed by atoms with E-state index < -0.39 is 6.10 Å². The molecule has 142 valence electrons. The fourth-order valence-electron chi connectivity index (χ4n) is 3.58. The monoisotopic (exact) mass is 368 g/mol. The Kier molecular flexibility index (Phi) is 4.72. The summed E-state index contributed by atoms with van der Waals surface area (Å²) in [6, 6.07) is 12.0. The van der Waals surface area contributed by atoms with E-state index >= 15 is 0 Å². The summed E-state index contributed by atoms with van der Waals surface area (Å²) in [5.41, 5.74) is 2.35. The molecule has 0 saturated carbocycles. The Morgan fingerprint density at radius 3 is 2.96 bits per heavy atom. The highest BCUT2D eigenvalue weighted by Gasteiger charge is 2.36. The first kappa shape index (κ1) is 17.8. The molecular formula is C20H24N4O3. The molecule has 2 N–H and O–H groups in total. The van der Waals surface area contributed by atoms with E-state index in [1.54, 1.807) is 11.0 Å². The minimum atomic E-state index is -0.666. The van der Waals surface area contributed by atoms with Gasteiger partial charge in [0, 0.05) is 24.8 Å². The van der Waals surface area contributed by atoms with Crippen LogP contribution in [0.1, 0.15) is 30.0 Å². The van der Waals surface area contributed by atoms with Crippen molar-refractivity contribution in [2.24, 2.45) is 0 Å². The maximum atomic E-state index is 12.7. The van der Waals surface area contributed by atoms with Crippen molar-refractivity contribution in [3.63, 3.8) is 0 Å². The summed E-state index contributed by atoms with van der Waals surface area (Å²) in [6.07, 6.45) is 1.02. The minimum Gasteiger partial charge on any atom is -0.388 e. The second kappa shape index (κ2) is 7.17. The molecule has 1 amide bonds. The van der Waals surface area contributed by atoms with Gasteiger partial charge in [-0.2, -0.15) is 5.10 Å². The molecule has 0 bridgehead atoms. The second-order valence-corrected chi connectivity index (χ2v) is 7.28. The highest BCUT2D eigenvalue weighted by Crippen LogP contribution is 2.19. The summed E-state index contributed by atoms with van der Waals surface area (Å²) in [4.78, 5) is 14.3. The summed E-state index contributed by atoms with van der Waals surface area (Å²) in [7, 11) is 0. The standard InChI is InChI=1S/C20H24N4O3/c1-13(2)27-19-12-24(11-18(19)25)20(26)16-9-15(21-22-16)10-23-8-7-14-5-3-4-6-17(14)23/h3-9,13,18-19,25H,10-12H2,1-2H3,(H,21,22)/t18-,19-/m0/s1. The lowest BCUT2D eigenvalue weighted by molar-refractivity contribution is -0.0394. The van der Waals surface area contributed by atoms with Crippen LogP contribution >= 0.6 is 0 Å². The first-order valence-electron chi connectivity index (χ1n) is 9.22. The molecule has 0 unspecified atom stereocenters. The van der Waals surface area contributed by atoms with E-state index in [9.17, 15) is 9.90 Å². The third-order valence-electron chi connectivity index (χ3n) is 4.84. The molecule has 2 aromatic heterocycles. The van der Waals surface area contributed by atoms with Crippen LogP contribution in [0.2, 0.25) is 0 Å². The third kappa shape index (κ3) is 3.61. The fourth-order valence-corrected chi connectivity index (χ4v) is 3.58. The molecule has 3 heterocycles. The number of aliphatic hydroxyl groups is 1. The van der Waals surface area contributed by atoms with Gasteiger partial charge in [0.05, 0.1) is 24.4 Å². The Labute approximate surface area is 157 Å². The van der Waals surface area contributed by atoms with Gasteiger partial charge in [-0.1, -0.05) is 18.2 Å². The van der Waals surface area contributed by atoms with Gasteiger partial charge < -0.3 is 19.3 Å². The van der Waals surface area contributed by atoms with Crippen LogP contribution in [0.4, 0.5) is 0 Å². The van der Waals surface area contributed by atoms with Gasteiger partial charge in [0.1, 0.15) is 11.8 Å². The predicted octanol–water partition coefficient (Wildman–Crippen LogP) is 2.02. The van der Waals surface area contributed by atoms with Crippen molar-refractivity contribution in [3.05, 3.63) is 54.0 Å². The maximum Gasteiger partial charge on any atom is 0.274 e. The van der Waals surface area contributed by atoms with Gasteiger partial charge in [-0.05, 0) is 37.4 Å². The molecule has 1 saturated heterocycles. The van der Waals surface area contributed by atoms with Crippen molar-refractivity contribution in [1.29, 1.82) is 0 Å². The van der Waals surface area contributed by atoms with Crippen LogP contribution in [-0.2, 0) is 11.3 Å². The van der Waals surface area contributed by atoms with Crippen molar-refractivity contribution in [2.75, 3.05) is 13.1 Å². The smallest absolute Gasteiger partial charge is 0.274 e. The van der Waals surface area contributed by atoms with Gasteiger partial charge in [0.2, 0.25) is 0 Å². The summed E-state index contributed by atoms with van der Waals surface area (Å²) < 4.78 is 7.79. The van der Waals surface area contributed by atoms with Crippen molar-refractivity contribution in [3.8, 4) is 0 Å². The zero-order chi connectivity index (χ0) is 19.0. The molecule has 0 aliphatic carbocycles. The van der Waals surface area contributed by atoms with E-state index in [0.717, 1.165) is 11.2 Å². The highest BCUT2D eigenvalue weighted by molar-refractivity contribution is 5.92. The number of carbonyl (C=O) groups is 1. The Morgan fingerprint density at radius 2 is 2.15 bits per heavy atom. The zero-order valence-corrected chi connectivity index (χ0v) is 15.5. The number of likely N-dealkylation sites (tertiary alicyclic amines) is 1. The first-order chi connectivity index (χ1) is 13.0. The lowest BCUT2D eigenvalue weighted by Crippen LogP contribution is -2.31. The number of ether oxygens (including phenoxy) is 1. The Morgan fingerprint density at radius 1 is 1.33 bits per heavy atom. The van der Waals surface area contributed by atoms with Gasteiger partial charge in [-0.25, -0.2) is 0 Å². The summed E-state index contributed by atoms with van der Waals surface area (Å²) in [5, 5.41) is 18.4. The number of fused-ring (bicyclic) bond motifs is 1. The van der Waals surface area contributed by atoms with Crippen LogP contribution in [0.3, 0.4) is 0 Å². The number of rotatable bonds is 5. The number of nitrogens with zero attached hydrogens (tertiary/aromatic N) is 3. The molecule has 1 aliphatic rings. The maximum absolute atomic E-state index is 12.7. The highest BCUT2D eigenvalue weighted by atomic mass is 16.5. The molecule has 7 heteroatoms. The molecule has 2 atom stereocenters. The van der Waals surface area contributed by atoms with Crippen LogP contribution in [0.15, 0.2) is 42.6 Å². The number of para-hydroxylation sites is 1. The quantitative estimate of drug-likeness (QED) is 0.722. The van der Waals surface area contributed by atoms with Crippen LogP contribution in [0.5, 0.6) is 0 Å². The zero-order valence-electron chi connectivity index (χ0n) is 15.5. The number of H-pyrrole nitrogens is 1. The Bertz CT molecular complexity index is 946. The molecule has 0 spiro atoms. The van der Waals surface area contributed by atoms with E-state index in [1.165, 1.54) is 5.39 Å².